The maximum atomic E-state index is 2.00. The lowest BCUT2D eigenvalue weighted by atomic mass is 10.6. The van der Waals surface area contributed by atoms with Crippen molar-refractivity contribution in [2.45, 2.75) is 27.7 Å². The van der Waals surface area contributed by atoms with E-state index in [4.69, 9.17) is 0 Å². The van der Waals surface area contributed by atoms with E-state index in [1.807, 2.05) is 52.0 Å². The molecule has 0 aromatic heterocycles. The van der Waals surface area contributed by atoms with Gasteiger partial charge in [-0.15, -0.1) is 0 Å². The van der Waals surface area contributed by atoms with Crippen molar-refractivity contribution in [3.05, 3.63) is 24.3 Å². The highest BCUT2D eigenvalue weighted by atomic mass is 13.4. The van der Waals surface area contributed by atoms with Crippen molar-refractivity contribution in [2.24, 2.45) is 0 Å². The average Bonchev–Trinajstić information content (AvgIpc) is 1.88. The Balaban J connectivity index is -0.0000000720. The molecule has 0 saturated heterocycles. The van der Waals surface area contributed by atoms with E-state index in [1.165, 1.54) is 0 Å². The van der Waals surface area contributed by atoms with Crippen LogP contribution in [0.4, 0.5) is 0 Å². The average molecular weight is 123 g/mol. The van der Waals surface area contributed by atoms with Crippen molar-refractivity contribution in [3.63, 3.8) is 0 Å². The summed E-state index contributed by atoms with van der Waals surface area (Å²) in [6, 6.07) is 0. The molecule has 0 bridgehead atoms. The summed E-state index contributed by atoms with van der Waals surface area (Å²) >= 11 is 0. The summed E-state index contributed by atoms with van der Waals surface area (Å²) in [4.78, 5) is 0. The summed E-state index contributed by atoms with van der Waals surface area (Å²) in [5.74, 6) is 0. The van der Waals surface area contributed by atoms with Gasteiger partial charge in [0.1, 0.15) is 0 Å². The zero-order chi connectivity index (χ0) is 6.83. The second kappa shape index (κ2) is 25.7. The van der Waals surface area contributed by atoms with Gasteiger partial charge in [-0.3, -0.25) is 0 Å². The minimum Gasteiger partial charge on any atom is -0.0919 e. The van der Waals surface area contributed by atoms with E-state index in [-0.39, 0.29) is 8.41 Å². The highest BCUT2D eigenvalue weighted by Gasteiger charge is 1.34. The molecule has 0 heterocycles. The summed E-state index contributed by atoms with van der Waals surface area (Å²) in [6.07, 6.45) is 8.00. The number of allylic oxidation sites excluding steroid dienone is 4. The van der Waals surface area contributed by atoms with E-state index in [9.17, 15) is 0 Å². The zero-order valence-corrected chi connectivity index (χ0v) is 6.89. The van der Waals surface area contributed by atoms with Gasteiger partial charge in [0, 0.05) is 8.41 Å². The Morgan fingerprint density at radius 3 is 0.667 bits per heavy atom. The normalized spacial score (nSPS) is 8.44. The minimum absolute atomic E-state index is 0. The van der Waals surface area contributed by atoms with Gasteiger partial charge in [0.2, 0.25) is 0 Å². The zero-order valence-electron chi connectivity index (χ0n) is 6.89. The van der Waals surface area contributed by atoms with Crippen LogP contribution in [-0.2, 0) is 0 Å². The standard InChI is InChI=1S/2C4H8.B/c2*1-3-4-2;/h2*3-4H,1-2H3;/b2*4-3-;. The van der Waals surface area contributed by atoms with Gasteiger partial charge < -0.3 is 0 Å². The number of hydrogen-bond donors (Lipinski definition) is 0. The summed E-state index contributed by atoms with van der Waals surface area (Å²) in [5.41, 5.74) is 0. The van der Waals surface area contributed by atoms with E-state index in [1.54, 1.807) is 0 Å². The molecule has 0 rings (SSSR count). The Kier molecular flexibility index (Phi) is 45.2. The largest absolute Gasteiger partial charge is 0.0919 e. The Hall–Kier alpha value is -0.455. The van der Waals surface area contributed by atoms with E-state index < -0.39 is 0 Å². The van der Waals surface area contributed by atoms with Crippen LogP contribution in [0.1, 0.15) is 27.7 Å². The van der Waals surface area contributed by atoms with Crippen molar-refractivity contribution >= 4 is 8.41 Å². The fourth-order valence-corrected chi connectivity index (χ4v) is 0. The van der Waals surface area contributed by atoms with E-state index in [0.717, 1.165) is 0 Å². The third-order valence-corrected chi connectivity index (χ3v) is 0.667. The van der Waals surface area contributed by atoms with Crippen LogP contribution in [0.25, 0.3) is 0 Å². The number of hydrogen-bond acceptors (Lipinski definition) is 0. The van der Waals surface area contributed by atoms with Gasteiger partial charge >= 0.3 is 0 Å². The lowest BCUT2D eigenvalue weighted by Gasteiger charge is -1.49. The van der Waals surface area contributed by atoms with Crippen LogP contribution in [0.3, 0.4) is 0 Å². The van der Waals surface area contributed by atoms with Gasteiger partial charge in [0.25, 0.3) is 0 Å². The Morgan fingerprint density at radius 1 is 0.556 bits per heavy atom. The smallest absolute Gasteiger partial charge is 0 e. The predicted octanol–water partition coefficient (Wildman–Crippen LogP) is 2.78. The van der Waals surface area contributed by atoms with Gasteiger partial charge in [0.05, 0.1) is 0 Å². The van der Waals surface area contributed by atoms with E-state index >= 15 is 0 Å². The van der Waals surface area contributed by atoms with Crippen LogP contribution >= 0.6 is 0 Å². The third kappa shape index (κ3) is 97.2. The number of rotatable bonds is 0. The summed E-state index contributed by atoms with van der Waals surface area (Å²) in [6.45, 7) is 8.00. The highest BCUT2D eigenvalue weighted by molar-refractivity contribution is 5.75. The molecule has 0 nitrogen and oxygen atoms in total. The maximum Gasteiger partial charge on any atom is 0 e. The molecule has 0 aliphatic rings. The molecular weight excluding hydrogens is 107 g/mol. The molecule has 0 aliphatic heterocycles. The summed E-state index contributed by atoms with van der Waals surface area (Å²) in [5, 5.41) is 0. The van der Waals surface area contributed by atoms with Crippen LogP contribution in [-0.4, -0.2) is 8.41 Å². The molecule has 9 heavy (non-hydrogen) atoms. The van der Waals surface area contributed by atoms with E-state index in [0.29, 0.717) is 0 Å². The molecule has 0 amide bonds. The first kappa shape index (κ1) is 15.8. The first-order valence-corrected chi connectivity index (χ1v) is 2.98. The molecule has 0 atom stereocenters. The first-order chi connectivity index (χ1) is 3.83. The molecule has 0 fully saturated rings. The fraction of sp³-hybridized carbons (Fsp3) is 0.500. The van der Waals surface area contributed by atoms with Crippen molar-refractivity contribution in [1.29, 1.82) is 0 Å². The molecule has 0 aromatic rings. The lowest BCUT2D eigenvalue weighted by Crippen LogP contribution is -1.26. The predicted molar refractivity (Wildman–Crippen MR) is 46.7 cm³/mol. The topological polar surface area (TPSA) is 0 Å². The van der Waals surface area contributed by atoms with Gasteiger partial charge in [-0.25, -0.2) is 0 Å². The highest BCUT2D eigenvalue weighted by Crippen LogP contribution is 1.57. The van der Waals surface area contributed by atoms with Crippen LogP contribution < -0.4 is 0 Å². The summed E-state index contributed by atoms with van der Waals surface area (Å²) < 4.78 is 0. The Bertz CT molecular complexity index is 45.0. The fourth-order valence-electron chi connectivity index (χ4n) is 0. The molecule has 51 valence electrons. The van der Waals surface area contributed by atoms with Crippen molar-refractivity contribution in [3.8, 4) is 0 Å². The van der Waals surface area contributed by atoms with Crippen LogP contribution in [0.5, 0.6) is 0 Å². The van der Waals surface area contributed by atoms with Crippen molar-refractivity contribution < 1.29 is 0 Å². The minimum atomic E-state index is 0. The molecular formula is C8H16B. The van der Waals surface area contributed by atoms with Gasteiger partial charge in [-0.05, 0) is 27.7 Å². The monoisotopic (exact) mass is 123 g/mol. The second-order valence-corrected chi connectivity index (χ2v) is 1.33. The molecule has 0 saturated carbocycles. The molecule has 0 N–H and O–H groups in total. The van der Waals surface area contributed by atoms with Crippen molar-refractivity contribution in [2.75, 3.05) is 0 Å². The second-order valence-electron chi connectivity index (χ2n) is 1.33. The maximum absolute atomic E-state index is 2.00. The molecule has 0 spiro atoms. The lowest BCUT2D eigenvalue weighted by molar-refractivity contribution is 1.64. The molecule has 0 aliphatic carbocycles. The van der Waals surface area contributed by atoms with Crippen molar-refractivity contribution in [1.82, 2.24) is 0 Å². The Morgan fingerprint density at radius 2 is 0.667 bits per heavy atom. The molecule has 1 heteroatoms. The Labute approximate surface area is 61.2 Å². The SMILES string of the molecule is C/C=C\C.C/C=C\C.[B]. The van der Waals surface area contributed by atoms with Gasteiger partial charge in [-0.1, -0.05) is 24.3 Å². The molecule has 3 radical (unpaired) electrons. The quantitative estimate of drug-likeness (QED) is 0.343. The van der Waals surface area contributed by atoms with Gasteiger partial charge in [0.15, 0.2) is 0 Å². The van der Waals surface area contributed by atoms with E-state index in [2.05, 4.69) is 0 Å². The molecule has 0 unspecified atom stereocenters. The van der Waals surface area contributed by atoms with Crippen LogP contribution in [0.15, 0.2) is 24.3 Å². The van der Waals surface area contributed by atoms with Crippen LogP contribution in [0, 0.1) is 0 Å². The molecule has 0 aromatic carbocycles. The van der Waals surface area contributed by atoms with Crippen LogP contribution in [0.2, 0.25) is 0 Å². The van der Waals surface area contributed by atoms with Gasteiger partial charge in [-0.2, -0.15) is 0 Å². The first-order valence-electron chi connectivity index (χ1n) is 2.98. The summed E-state index contributed by atoms with van der Waals surface area (Å²) in [7, 11) is 0. The third-order valence-electron chi connectivity index (χ3n) is 0.667.